The Morgan fingerprint density at radius 3 is 2.79 bits per heavy atom. The fraction of sp³-hybridized carbons (Fsp3) is 0.375. The second kappa shape index (κ2) is 3.22. The number of anilines is 1. The number of nitro groups is 1. The molecule has 1 saturated heterocycles. The van der Waals surface area contributed by atoms with Gasteiger partial charge in [0.2, 0.25) is 5.82 Å². The zero-order valence-corrected chi connectivity index (χ0v) is 7.43. The van der Waals surface area contributed by atoms with E-state index in [2.05, 4.69) is 10.3 Å². The Balaban J connectivity index is 2.30. The highest BCUT2D eigenvalue weighted by molar-refractivity contribution is 5.52. The first-order valence-corrected chi connectivity index (χ1v) is 4.32. The Bertz CT molecular complexity index is 376. The molecule has 1 atom stereocenters. The topological polar surface area (TPSA) is 94.1 Å². The lowest BCUT2D eigenvalue weighted by molar-refractivity contribution is -0.384. The summed E-state index contributed by atoms with van der Waals surface area (Å²) in [7, 11) is 0. The standard InChI is InChI=1S/C8H10N4O2/c9-8-7(12(13)14)2-1-6(11-8)5-3-4-10-5/h1-2,5,10H,3-4H2,(H2,9,11)/t5-/m1/s1. The zero-order chi connectivity index (χ0) is 10.1. The number of nitrogen functional groups attached to an aromatic ring is 1. The number of nitrogens with zero attached hydrogens (tertiary/aromatic N) is 2. The van der Waals surface area contributed by atoms with Crippen molar-refractivity contribution >= 4 is 11.5 Å². The number of hydrogen-bond acceptors (Lipinski definition) is 5. The van der Waals surface area contributed by atoms with Crippen LogP contribution in [0, 0.1) is 10.1 Å². The molecule has 2 heterocycles. The van der Waals surface area contributed by atoms with E-state index in [9.17, 15) is 10.1 Å². The van der Waals surface area contributed by atoms with E-state index in [1.807, 2.05) is 0 Å². The summed E-state index contributed by atoms with van der Waals surface area (Å²) in [5.41, 5.74) is 6.10. The van der Waals surface area contributed by atoms with E-state index in [0.29, 0.717) is 0 Å². The van der Waals surface area contributed by atoms with Crippen molar-refractivity contribution in [3.8, 4) is 0 Å². The van der Waals surface area contributed by atoms with Crippen molar-refractivity contribution < 1.29 is 4.92 Å². The Kier molecular flexibility index (Phi) is 2.05. The minimum atomic E-state index is -0.527. The predicted molar refractivity (Wildman–Crippen MR) is 50.7 cm³/mol. The fourth-order valence-corrected chi connectivity index (χ4v) is 1.37. The van der Waals surface area contributed by atoms with Crippen LogP contribution in [0.5, 0.6) is 0 Å². The molecule has 0 bridgehead atoms. The van der Waals surface area contributed by atoms with E-state index >= 15 is 0 Å². The number of nitrogens with one attached hydrogen (secondary N) is 1. The molecule has 74 valence electrons. The number of hydrogen-bond donors (Lipinski definition) is 2. The van der Waals surface area contributed by atoms with Crippen LogP contribution in [-0.2, 0) is 0 Å². The third-order valence-corrected chi connectivity index (χ3v) is 2.30. The quantitative estimate of drug-likeness (QED) is 0.531. The maximum Gasteiger partial charge on any atom is 0.311 e. The van der Waals surface area contributed by atoms with Gasteiger partial charge in [0, 0.05) is 6.07 Å². The molecule has 1 aromatic rings. The molecule has 1 aliphatic rings. The summed E-state index contributed by atoms with van der Waals surface area (Å²) in [4.78, 5) is 13.9. The number of aromatic nitrogens is 1. The Labute approximate surface area is 80.3 Å². The number of pyridine rings is 1. The van der Waals surface area contributed by atoms with Gasteiger partial charge in [-0.3, -0.25) is 10.1 Å². The summed E-state index contributed by atoms with van der Waals surface area (Å²) >= 11 is 0. The monoisotopic (exact) mass is 194 g/mol. The van der Waals surface area contributed by atoms with Gasteiger partial charge in [-0.05, 0) is 19.0 Å². The van der Waals surface area contributed by atoms with Gasteiger partial charge < -0.3 is 11.1 Å². The van der Waals surface area contributed by atoms with E-state index < -0.39 is 4.92 Å². The zero-order valence-electron chi connectivity index (χ0n) is 7.43. The van der Waals surface area contributed by atoms with Crippen molar-refractivity contribution in [2.45, 2.75) is 12.5 Å². The van der Waals surface area contributed by atoms with Gasteiger partial charge >= 0.3 is 5.69 Å². The Morgan fingerprint density at radius 1 is 1.64 bits per heavy atom. The van der Waals surface area contributed by atoms with Crippen LogP contribution in [0.2, 0.25) is 0 Å². The van der Waals surface area contributed by atoms with Crippen LogP contribution in [0.15, 0.2) is 12.1 Å². The van der Waals surface area contributed by atoms with Crippen LogP contribution in [0.1, 0.15) is 18.2 Å². The number of rotatable bonds is 2. The molecule has 0 spiro atoms. The highest BCUT2D eigenvalue weighted by Gasteiger charge is 2.22. The highest BCUT2D eigenvalue weighted by Crippen LogP contribution is 2.25. The van der Waals surface area contributed by atoms with Gasteiger partial charge in [0.05, 0.1) is 16.7 Å². The molecule has 6 nitrogen and oxygen atoms in total. The molecule has 1 aliphatic heterocycles. The lowest BCUT2D eigenvalue weighted by atomic mass is 10.0. The highest BCUT2D eigenvalue weighted by atomic mass is 16.6. The molecule has 0 radical (unpaired) electrons. The summed E-state index contributed by atoms with van der Waals surface area (Å²) < 4.78 is 0. The maximum absolute atomic E-state index is 10.5. The van der Waals surface area contributed by atoms with Crippen molar-refractivity contribution in [2.24, 2.45) is 0 Å². The van der Waals surface area contributed by atoms with E-state index in [4.69, 9.17) is 5.73 Å². The van der Waals surface area contributed by atoms with E-state index in [1.165, 1.54) is 6.07 Å². The predicted octanol–water partition coefficient (Wildman–Crippen LogP) is 0.606. The normalized spacial score (nSPS) is 20.1. The van der Waals surface area contributed by atoms with E-state index in [0.717, 1.165) is 18.7 Å². The molecule has 0 saturated carbocycles. The van der Waals surface area contributed by atoms with Crippen molar-refractivity contribution in [1.82, 2.24) is 10.3 Å². The molecule has 0 amide bonds. The van der Waals surface area contributed by atoms with Gasteiger partial charge in [-0.15, -0.1) is 0 Å². The van der Waals surface area contributed by atoms with E-state index in [-0.39, 0.29) is 17.5 Å². The molecule has 3 N–H and O–H groups in total. The SMILES string of the molecule is Nc1nc([C@H]2CCN2)ccc1[N+](=O)[O-]. The Morgan fingerprint density at radius 2 is 2.36 bits per heavy atom. The molecule has 1 fully saturated rings. The summed E-state index contributed by atoms with van der Waals surface area (Å²) in [5, 5.41) is 13.6. The second-order valence-corrected chi connectivity index (χ2v) is 3.19. The van der Waals surface area contributed by atoms with Crippen LogP contribution >= 0.6 is 0 Å². The molecule has 0 aromatic carbocycles. The molecule has 0 aliphatic carbocycles. The van der Waals surface area contributed by atoms with Crippen LogP contribution in [-0.4, -0.2) is 16.5 Å². The molecular formula is C8H10N4O2. The lowest BCUT2D eigenvalue weighted by Crippen LogP contribution is -2.35. The lowest BCUT2D eigenvalue weighted by Gasteiger charge is -2.26. The largest absolute Gasteiger partial charge is 0.378 e. The second-order valence-electron chi connectivity index (χ2n) is 3.19. The number of nitrogens with two attached hydrogens (primary N) is 1. The van der Waals surface area contributed by atoms with Crippen molar-refractivity contribution in [3.63, 3.8) is 0 Å². The third kappa shape index (κ3) is 1.39. The van der Waals surface area contributed by atoms with Crippen LogP contribution in [0.3, 0.4) is 0 Å². The minimum absolute atomic E-state index is 0.0128. The average Bonchev–Trinajstić information content (AvgIpc) is 2.00. The first-order valence-electron chi connectivity index (χ1n) is 4.32. The average molecular weight is 194 g/mol. The molecular weight excluding hydrogens is 184 g/mol. The van der Waals surface area contributed by atoms with Gasteiger partial charge in [-0.2, -0.15) is 0 Å². The third-order valence-electron chi connectivity index (χ3n) is 2.30. The summed E-state index contributed by atoms with van der Waals surface area (Å²) in [6.45, 7) is 0.962. The van der Waals surface area contributed by atoms with Crippen molar-refractivity contribution in [2.75, 3.05) is 12.3 Å². The summed E-state index contributed by atoms with van der Waals surface area (Å²) in [6, 6.07) is 3.25. The first kappa shape index (κ1) is 8.89. The Hall–Kier alpha value is -1.69. The van der Waals surface area contributed by atoms with Gasteiger partial charge in [0.25, 0.3) is 0 Å². The molecule has 6 heteroatoms. The molecule has 0 unspecified atom stereocenters. The van der Waals surface area contributed by atoms with Gasteiger partial charge in [-0.1, -0.05) is 0 Å². The minimum Gasteiger partial charge on any atom is -0.378 e. The van der Waals surface area contributed by atoms with E-state index in [1.54, 1.807) is 6.07 Å². The van der Waals surface area contributed by atoms with Crippen LogP contribution in [0.4, 0.5) is 11.5 Å². The van der Waals surface area contributed by atoms with Crippen molar-refractivity contribution in [3.05, 3.63) is 27.9 Å². The molecule has 2 rings (SSSR count). The fourth-order valence-electron chi connectivity index (χ4n) is 1.37. The van der Waals surface area contributed by atoms with Gasteiger partial charge in [0.15, 0.2) is 0 Å². The van der Waals surface area contributed by atoms with Gasteiger partial charge in [0.1, 0.15) is 0 Å². The van der Waals surface area contributed by atoms with Gasteiger partial charge in [-0.25, -0.2) is 4.98 Å². The molecule has 1 aromatic heterocycles. The summed E-state index contributed by atoms with van der Waals surface area (Å²) in [5.74, 6) is -0.0128. The molecule has 14 heavy (non-hydrogen) atoms. The maximum atomic E-state index is 10.5. The van der Waals surface area contributed by atoms with Crippen LogP contribution in [0.25, 0.3) is 0 Å². The van der Waals surface area contributed by atoms with Crippen LogP contribution < -0.4 is 11.1 Å². The smallest absolute Gasteiger partial charge is 0.311 e. The first-order chi connectivity index (χ1) is 6.68. The summed E-state index contributed by atoms with van der Waals surface area (Å²) in [6.07, 6.45) is 1.00. The van der Waals surface area contributed by atoms with Crippen molar-refractivity contribution in [1.29, 1.82) is 0 Å².